The number of piperidine rings is 1. The maximum Gasteiger partial charge on any atom is 0.417 e. The molecule has 2 aromatic heterocycles. The zero-order chi connectivity index (χ0) is 22.6. The molecule has 4 heterocycles. The van der Waals surface area contributed by atoms with Gasteiger partial charge in [-0.1, -0.05) is 17.7 Å². The van der Waals surface area contributed by atoms with E-state index in [1.165, 1.54) is 30.5 Å². The molecule has 1 aromatic carbocycles. The second kappa shape index (κ2) is 7.54. The Morgan fingerprint density at radius 3 is 2.69 bits per heavy atom. The molecule has 2 atom stereocenters. The van der Waals surface area contributed by atoms with Gasteiger partial charge in [0.1, 0.15) is 5.69 Å². The van der Waals surface area contributed by atoms with Crippen LogP contribution in [0.5, 0.6) is 0 Å². The summed E-state index contributed by atoms with van der Waals surface area (Å²) in [6, 6.07) is 5.24. The number of rotatable bonds is 2. The van der Waals surface area contributed by atoms with Gasteiger partial charge in [-0.25, -0.2) is 9.37 Å². The van der Waals surface area contributed by atoms with E-state index in [-0.39, 0.29) is 29.7 Å². The molecule has 166 valence electrons. The van der Waals surface area contributed by atoms with Crippen LogP contribution in [-0.2, 0) is 12.7 Å². The van der Waals surface area contributed by atoms with Crippen molar-refractivity contribution < 1.29 is 22.4 Å². The summed E-state index contributed by atoms with van der Waals surface area (Å²) in [5.74, 6) is -0.408. The molecule has 0 aliphatic carbocycles. The summed E-state index contributed by atoms with van der Waals surface area (Å²) in [5.41, 5.74) is -1.20. The van der Waals surface area contributed by atoms with Crippen molar-refractivity contribution >= 4 is 17.5 Å². The first kappa shape index (κ1) is 20.9. The first-order valence-electron chi connectivity index (χ1n) is 9.99. The van der Waals surface area contributed by atoms with Gasteiger partial charge in [0.15, 0.2) is 17.5 Å². The molecule has 0 saturated carbocycles. The Hall–Kier alpha value is -3.01. The van der Waals surface area contributed by atoms with Crippen molar-refractivity contribution in [3.05, 3.63) is 64.3 Å². The minimum absolute atomic E-state index is 0.0602. The normalized spacial score (nSPS) is 20.2. The van der Waals surface area contributed by atoms with Crippen molar-refractivity contribution in [2.24, 2.45) is 0 Å². The van der Waals surface area contributed by atoms with E-state index in [2.05, 4.69) is 15.2 Å². The second-order valence-electron chi connectivity index (χ2n) is 7.80. The number of hydrogen-bond donors (Lipinski definition) is 0. The monoisotopic (exact) mass is 465 g/mol. The molecule has 5 rings (SSSR count). The van der Waals surface area contributed by atoms with Gasteiger partial charge in [-0.05, 0) is 43.5 Å². The van der Waals surface area contributed by atoms with Crippen LogP contribution in [-0.4, -0.2) is 36.6 Å². The molecule has 2 aliphatic heterocycles. The molecule has 3 aromatic rings. The first-order chi connectivity index (χ1) is 15.3. The molecule has 2 unspecified atom stereocenters. The van der Waals surface area contributed by atoms with Crippen LogP contribution >= 0.6 is 11.6 Å². The zero-order valence-corrected chi connectivity index (χ0v) is 17.2. The molecule has 1 fully saturated rings. The number of amides is 1. The number of carbonyl (C=O) groups excluding carboxylic acids is 1. The van der Waals surface area contributed by atoms with Crippen LogP contribution in [0.15, 0.2) is 36.5 Å². The highest BCUT2D eigenvalue weighted by molar-refractivity contribution is 6.34. The number of fused-ring (bicyclic) bond motifs is 4. The topological polar surface area (TPSA) is 63.9 Å². The lowest BCUT2D eigenvalue weighted by atomic mass is 9.90. The van der Waals surface area contributed by atoms with E-state index in [9.17, 15) is 22.4 Å². The minimum Gasteiger partial charge on any atom is -0.324 e. The number of pyridine rings is 1. The summed E-state index contributed by atoms with van der Waals surface area (Å²) >= 11 is 6.02. The molecular weight excluding hydrogens is 450 g/mol. The first-order valence-corrected chi connectivity index (χ1v) is 10.4. The van der Waals surface area contributed by atoms with E-state index >= 15 is 0 Å². The molecule has 1 amide bonds. The van der Waals surface area contributed by atoms with Gasteiger partial charge in [-0.3, -0.25) is 4.79 Å². The Balaban J connectivity index is 1.56. The lowest BCUT2D eigenvalue weighted by Gasteiger charge is -2.45. The highest BCUT2D eigenvalue weighted by atomic mass is 35.5. The molecule has 6 nitrogen and oxygen atoms in total. The number of nitrogens with zero attached hydrogens (tertiary/aromatic N) is 5. The van der Waals surface area contributed by atoms with Gasteiger partial charge in [0.05, 0.1) is 28.2 Å². The van der Waals surface area contributed by atoms with Crippen molar-refractivity contribution in [1.29, 1.82) is 0 Å². The molecule has 0 spiro atoms. The van der Waals surface area contributed by atoms with Gasteiger partial charge in [-0.15, -0.1) is 10.2 Å². The average Bonchev–Trinajstić information content (AvgIpc) is 3.16. The van der Waals surface area contributed by atoms with Crippen LogP contribution in [0.2, 0.25) is 5.02 Å². The van der Waals surface area contributed by atoms with Gasteiger partial charge < -0.3 is 9.47 Å². The third-order valence-electron chi connectivity index (χ3n) is 5.95. The van der Waals surface area contributed by atoms with Crippen LogP contribution in [0.25, 0.3) is 11.5 Å². The van der Waals surface area contributed by atoms with Gasteiger partial charge in [-0.2, -0.15) is 13.2 Å². The molecule has 2 bridgehead atoms. The number of carbonyl (C=O) groups is 1. The van der Waals surface area contributed by atoms with E-state index in [0.717, 1.165) is 12.5 Å². The van der Waals surface area contributed by atoms with Crippen LogP contribution in [0, 0.1) is 5.82 Å². The molecule has 2 aliphatic rings. The fourth-order valence-electron chi connectivity index (χ4n) is 4.55. The van der Waals surface area contributed by atoms with Crippen LogP contribution in [0.4, 0.5) is 17.6 Å². The predicted octanol–water partition coefficient (Wildman–Crippen LogP) is 4.90. The quantitative estimate of drug-likeness (QED) is 0.505. The molecule has 32 heavy (non-hydrogen) atoms. The van der Waals surface area contributed by atoms with Crippen molar-refractivity contribution in [3.63, 3.8) is 0 Å². The molecule has 0 radical (unpaired) electrons. The maximum atomic E-state index is 14.3. The SMILES string of the molecule is O=C(c1cccc(C(F)(F)F)c1Cl)N1C2CCCC1c1nnc(-c3ncccc3F)n1C2. The molecule has 0 N–H and O–H groups in total. The van der Waals surface area contributed by atoms with Gasteiger partial charge in [0.2, 0.25) is 0 Å². The third kappa shape index (κ3) is 3.24. The van der Waals surface area contributed by atoms with E-state index in [1.807, 2.05) is 0 Å². The van der Waals surface area contributed by atoms with Gasteiger partial charge >= 0.3 is 6.18 Å². The summed E-state index contributed by atoms with van der Waals surface area (Å²) in [4.78, 5) is 19.0. The predicted molar refractivity (Wildman–Crippen MR) is 106 cm³/mol. The summed E-state index contributed by atoms with van der Waals surface area (Å²) < 4.78 is 55.9. The number of benzene rings is 1. The highest BCUT2D eigenvalue weighted by Gasteiger charge is 2.44. The van der Waals surface area contributed by atoms with Crippen LogP contribution < -0.4 is 0 Å². The number of alkyl halides is 3. The average molecular weight is 466 g/mol. The largest absolute Gasteiger partial charge is 0.417 e. The van der Waals surface area contributed by atoms with E-state index < -0.39 is 34.5 Å². The standard InChI is InChI=1S/C21H16ClF4N5O/c22-16-12(5-2-6-13(16)21(24,25)26)20(32)31-11-4-1-8-15(31)18-28-29-19(30(18)10-11)17-14(23)7-3-9-27-17/h2-3,5-7,9,11,15H,1,4,8,10H2. The van der Waals surface area contributed by atoms with Crippen molar-refractivity contribution in [2.75, 3.05) is 0 Å². The lowest BCUT2D eigenvalue weighted by Crippen LogP contribution is -2.52. The fraction of sp³-hybridized carbons (Fsp3) is 0.333. The summed E-state index contributed by atoms with van der Waals surface area (Å²) in [5, 5.41) is 7.70. The van der Waals surface area contributed by atoms with Crippen molar-refractivity contribution in [2.45, 2.75) is 44.1 Å². The third-order valence-corrected chi connectivity index (χ3v) is 6.36. The number of aromatic nitrogens is 4. The smallest absolute Gasteiger partial charge is 0.324 e. The van der Waals surface area contributed by atoms with Crippen LogP contribution in [0.1, 0.15) is 47.1 Å². The minimum atomic E-state index is -4.67. The Labute approximate surface area is 184 Å². The summed E-state index contributed by atoms with van der Waals surface area (Å²) in [6.07, 6.45) is -1.21. The van der Waals surface area contributed by atoms with Gasteiger partial charge in [0.25, 0.3) is 5.91 Å². The second-order valence-corrected chi connectivity index (χ2v) is 8.18. The zero-order valence-electron chi connectivity index (χ0n) is 16.5. The van der Waals surface area contributed by atoms with E-state index in [4.69, 9.17) is 11.6 Å². The van der Waals surface area contributed by atoms with E-state index in [1.54, 1.807) is 9.47 Å². The molecular formula is C21H16ClF4N5O. The number of hydrogen-bond acceptors (Lipinski definition) is 4. The summed E-state index contributed by atoms with van der Waals surface area (Å²) in [6.45, 7) is 0.284. The lowest BCUT2D eigenvalue weighted by molar-refractivity contribution is -0.137. The van der Waals surface area contributed by atoms with Crippen molar-refractivity contribution in [1.82, 2.24) is 24.6 Å². The fourth-order valence-corrected chi connectivity index (χ4v) is 4.87. The Bertz CT molecular complexity index is 1210. The Morgan fingerprint density at radius 1 is 1.12 bits per heavy atom. The number of halogens is 5. The maximum absolute atomic E-state index is 14.3. The van der Waals surface area contributed by atoms with Crippen LogP contribution in [0.3, 0.4) is 0 Å². The highest BCUT2D eigenvalue weighted by Crippen LogP contribution is 2.43. The molecule has 1 saturated heterocycles. The molecule has 11 heteroatoms. The Morgan fingerprint density at radius 2 is 1.94 bits per heavy atom. The van der Waals surface area contributed by atoms with E-state index in [0.29, 0.717) is 18.7 Å². The summed E-state index contributed by atoms with van der Waals surface area (Å²) in [7, 11) is 0. The van der Waals surface area contributed by atoms with Crippen molar-refractivity contribution in [3.8, 4) is 11.5 Å². The van der Waals surface area contributed by atoms with Gasteiger partial charge in [0, 0.05) is 12.7 Å². The Kier molecular flexibility index (Phi) is 4.92.